The maximum atomic E-state index is 12.5. The van der Waals surface area contributed by atoms with Crippen molar-refractivity contribution in [3.05, 3.63) is 28.8 Å². The predicted octanol–water partition coefficient (Wildman–Crippen LogP) is 2.65. The summed E-state index contributed by atoms with van der Waals surface area (Å²) in [5, 5.41) is 6.89. The molecule has 1 aromatic carbocycles. The van der Waals surface area contributed by atoms with Crippen molar-refractivity contribution in [2.75, 3.05) is 33.8 Å². The smallest absolute Gasteiger partial charge is 0.401 e. The quantitative estimate of drug-likeness (QED) is 0.611. The molecular formula is C16H22ClF3N4O. The van der Waals surface area contributed by atoms with Gasteiger partial charge in [0.1, 0.15) is 5.75 Å². The van der Waals surface area contributed by atoms with Crippen LogP contribution in [0.3, 0.4) is 0 Å². The van der Waals surface area contributed by atoms with Gasteiger partial charge in [-0.15, -0.1) is 0 Å². The van der Waals surface area contributed by atoms with E-state index in [1.54, 1.807) is 26.3 Å². The van der Waals surface area contributed by atoms with Crippen LogP contribution in [0.2, 0.25) is 5.02 Å². The van der Waals surface area contributed by atoms with Gasteiger partial charge in [0.2, 0.25) is 0 Å². The fraction of sp³-hybridized carbons (Fsp3) is 0.562. The molecule has 0 spiro atoms. The SMILES string of the molecule is CN=C(NCc1ccc(Cl)cc1OC)NC1CCN(CC(F)(F)F)C1. The molecule has 0 aliphatic carbocycles. The summed E-state index contributed by atoms with van der Waals surface area (Å²) in [5.41, 5.74) is 0.903. The van der Waals surface area contributed by atoms with E-state index in [9.17, 15) is 13.2 Å². The van der Waals surface area contributed by atoms with Gasteiger partial charge in [-0.1, -0.05) is 17.7 Å². The molecule has 1 unspecified atom stereocenters. The van der Waals surface area contributed by atoms with E-state index in [-0.39, 0.29) is 6.04 Å². The number of methoxy groups -OCH3 is 1. The summed E-state index contributed by atoms with van der Waals surface area (Å²) >= 11 is 5.94. The van der Waals surface area contributed by atoms with Gasteiger partial charge >= 0.3 is 6.18 Å². The van der Waals surface area contributed by atoms with Gasteiger partial charge in [-0.25, -0.2) is 0 Å². The van der Waals surface area contributed by atoms with E-state index in [0.717, 1.165) is 5.56 Å². The summed E-state index contributed by atoms with van der Waals surface area (Å²) in [6.07, 6.45) is -3.53. The van der Waals surface area contributed by atoms with Crippen molar-refractivity contribution in [2.24, 2.45) is 4.99 Å². The summed E-state index contributed by atoms with van der Waals surface area (Å²) < 4.78 is 42.6. The summed E-state index contributed by atoms with van der Waals surface area (Å²) in [6, 6.07) is 5.27. The van der Waals surface area contributed by atoms with Gasteiger partial charge in [0.05, 0.1) is 13.7 Å². The zero-order valence-corrected chi connectivity index (χ0v) is 14.9. The number of ether oxygens (including phenoxy) is 1. The van der Waals surface area contributed by atoms with Crippen molar-refractivity contribution < 1.29 is 17.9 Å². The third-order valence-corrected chi connectivity index (χ3v) is 4.17. The van der Waals surface area contributed by atoms with E-state index in [0.29, 0.717) is 42.8 Å². The van der Waals surface area contributed by atoms with Crippen LogP contribution in [0.5, 0.6) is 5.75 Å². The average Bonchev–Trinajstić information content (AvgIpc) is 2.97. The summed E-state index contributed by atoms with van der Waals surface area (Å²) in [7, 11) is 3.19. The van der Waals surface area contributed by atoms with Crippen LogP contribution < -0.4 is 15.4 Å². The van der Waals surface area contributed by atoms with Crippen molar-refractivity contribution in [2.45, 2.75) is 25.2 Å². The molecule has 2 rings (SSSR count). The molecule has 0 aromatic heterocycles. The van der Waals surface area contributed by atoms with Crippen LogP contribution in [0.15, 0.2) is 23.2 Å². The van der Waals surface area contributed by atoms with Gasteiger partial charge in [0, 0.05) is 43.3 Å². The normalized spacial score (nSPS) is 19.1. The second-order valence-electron chi connectivity index (χ2n) is 5.86. The fourth-order valence-electron chi connectivity index (χ4n) is 2.78. The molecule has 140 valence electrons. The van der Waals surface area contributed by atoms with Crippen LogP contribution in [0, 0.1) is 0 Å². The van der Waals surface area contributed by atoms with Crippen molar-refractivity contribution in [1.82, 2.24) is 15.5 Å². The maximum Gasteiger partial charge on any atom is 0.401 e. The average molecular weight is 379 g/mol. The molecule has 0 saturated carbocycles. The first kappa shape index (κ1) is 19.7. The lowest BCUT2D eigenvalue weighted by atomic mass is 10.2. The van der Waals surface area contributed by atoms with Crippen LogP contribution in [0.4, 0.5) is 13.2 Å². The molecule has 1 saturated heterocycles. The number of alkyl halides is 3. The fourth-order valence-corrected chi connectivity index (χ4v) is 2.94. The number of nitrogens with zero attached hydrogens (tertiary/aromatic N) is 2. The molecule has 25 heavy (non-hydrogen) atoms. The number of guanidine groups is 1. The number of likely N-dealkylation sites (tertiary alicyclic amines) is 1. The Kier molecular flexibility index (Phi) is 6.78. The molecule has 0 amide bonds. The monoisotopic (exact) mass is 378 g/mol. The lowest BCUT2D eigenvalue weighted by Gasteiger charge is -2.20. The molecule has 2 N–H and O–H groups in total. The number of halogens is 4. The van der Waals surface area contributed by atoms with Crippen LogP contribution in [0.25, 0.3) is 0 Å². The first-order chi connectivity index (χ1) is 11.8. The predicted molar refractivity (Wildman–Crippen MR) is 92.2 cm³/mol. The molecule has 1 heterocycles. The minimum atomic E-state index is -4.17. The molecule has 1 aromatic rings. The molecule has 1 aliphatic rings. The van der Waals surface area contributed by atoms with E-state index in [2.05, 4.69) is 15.6 Å². The van der Waals surface area contributed by atoms with Crippen LogP contribution in [-0.4, -0.2) is 56.9 Å². The Morgan fingerprint density at radius 3 is 2.84 bits per heavy atom. The molecule has 0 bridgehead atoms. The lowest BCUT2D eigenvalue weighted by Crippen LogP contribution is -2.44. The highest BCUT2D eigenvalue weighted by Gasteiger charge is 2.34. The molecule has 1 aliphatic heterocycles. The van der Waals surface area contributed by atoms with E-state index < -0.39 is 12.7 Å². The van der Waals surface area contributed by atoms with E-state index >= 15 is 0 Å². The summed E-state index contributed by atoms with van der Waals surface area (Å²) in [5.74, 6) is 1.20. The third kappa shape index (κ3) is 6.28. The second kappa shape index (κ2) is 8.62. The third-order valence-electron chi connectivity index (χ3n) is 3.94. The Hall–Kier alpha value is -1.67. The highest BCUT2D eigenvalue weighted by Crippen LogP contribution is 2.23. The number of aliphatic imine (C=N–C) groups is 1. The van der Waals surface area contributed by atoms with Gasteiger partial charge in [0.15, 0.2) is 5.96 Å². The molecule has 1 fully saturated rings. The highest BCUT2D eigenvalue weighted by molar-refractivity contribution is 6.30. The standard InChI is InChI=1S/C16H22ClF3N4O/c1-21-15(22-8-11-3-4-12(17)7-14(11)25-2)23-13-5-6-24(9-13)10-16(18,19)20/h3-4,7,13H,5-6,8-10H2,1-2H3,(H2,21,22,23). The number of nitrogens with one attached hydrogen (secondary N) is 2. The minimum absolute atomic E-state index is 0.0688. The Bertz CT molecular complexity index is 610. The number of hydrogen-bond acceptors (Lipinski definition) is 3. The van der Waals surface area contributed by atoms with Crippen molar-refractivity contribution in [3.63, 3.8) is 0 Å². The zero-order valence-electron chi connectivity index (χ0n) is 14.2. The number of benzene rings is 1. The lowest BCUT2D eigenvalue weighted by molar-refractivity contribution is -0.143. The molecular weight excluding hydrogens is 357 g/mol. The Morgan fingerprint density at radius 1 is 1.44 bits per heavy atom. The van der Waals surface area contributed by atoms with Gasteiger partial charge in [-0.2, -0.15) is 13.2 Å². The van der Waals surface area contributed by atoms with E-state index in [4.69, 9.17) is 16.3 Å². The van der Waals surface area contributed by atoms with Crippen LogP contribution >= 0.6 is 11.6 Å². The molecule has 1 atom stereocenters. The first-order valence-electron chi connectivity index (χ1n) is 7.89. The van der Waals surface area contributed by atoms with Gasteiger partial charge < -0.3 is 15.4 Å². The van der Waals surface area contributed by atoms with Crippen LogP contribution in [0.1, 0.15) is 12.0 Å². The van der Waals surface area contributed by atoms with Gasteiger partial charge in [0.25, 0.3) is 0 Å². The van der Waals surface area contributed by atoms with Crippen LogP contribution in [-0.2, 0) is 6.54 Å². The van der Waals surface area contributed by atoms with Crippen molar-refractivity contribution >= 4 is 17.6 Å². The topological polar surface area (TPSA) is 48.9 Å². The number of hydrogen-bond donors (Lipinski definition) is 2. The largest absolute Gasteiger partial charge is 0.496 e. The highest BCUT2D eigenvalue weighted by atomic mass is 35.5. The summed E-state index contributed by atoms with van der Waals surface area (Å²) in [4.78, 5) is 5.52. The minimum Gasteiger partial charge on any atom is -0.496 e. The van der Waals surface area contributed by atoms with Gasteiger partial charge in [-0.3, -0.25) is 9.89 Å². The Morgan fingerprint density at radius 2 is 2.20 bits per heavy atom. The second-order valence-corrected chi connectivity index (χ2v) is 6.30. The molecule has 5 nitrogen and oxygen atoms in total. The zero-order chi connectivity index (χ0) is 18.4. The van der Waals surface area contributed by atoms with Gasteiger partial charge in [-0.05, 0) is 18.6 Å². The van der Waals surface area contributed by atoms with E-state index in [1.165, 1.54) is 4.90 Å². The summed E-state index contributed by atoms with van der Waals surface area (Å²) in [6.45, 7) is 0.335. The Labute approximate surface area is 150 Å². The first-order valence-corrected chi connectivity index (χ1v) is 8.27. The van der Waals surface area contributed by atoms with Crippen molar-refractivity contribution in [1.29, 1.82) is 0 Å². The molecule has 0 radical (unpaired) electrons. The Balaban J connectivity index is 1.86. The van der Waals surface area contributed by atoms with Crippen molar-refractivity contribution in [3.8, 4) is 5.75 Å². The number of rotatable bonds is 5. The van der Waals surface area contributed by atoms with E-state index in [1.807, 2.05) is 6.07 Å². The molecule has 9 heteroatoms. The maximum absolute atomic E-state index is 12.5.